The zero-order chi connectivity index (χ0) is 24.0. The monoisotopic (exact) mass is 556 g/mol. The van der Waals surface area contributed by atoms with Gasteiger partial charge in [-0.25, -0.2) is 8.42 Å². The Morgan fingerprint density at radius 2 is 1.70 bits per heavy atom. The van der Waals surface area contributed by atoms with Gasteiger partial charge in [0.2, 0.25) is 15.9 Å². The fraction of sp³-hybridized carbons (Fsp3) is 0.391. The summed E-state index contributed by atoms with van der Waals surface area (Å²) in [5, 5.41) is 0.425. The van der Waals surface area contributed by atoms with Crippen LogP contribution < -0.4 is 0 Å². The second-order valence-electron chi connectivity index (χ2n) is 7.76. The van der Waals surface area contributed by atoms with Gasteiger partial charge in [-0.05, 0) is 61.7 Å². The summed E-state index contributed by atoms with van der Waals surface area (Å²) in [7, 11) is -3.95. The minimum Gasteiger partial charge on any atom is -0.466 e. The van der Waals surface area contributed by atoms with Crippen LogP contribution in [0.5, 0.6) is 0 Å². The van der Waals surface area contributed by atoms with E-state index in [4.69, 9.17) is 16.3 Å². The largest absolute Gasteiger partial charge is 0.466 e. The Bertz CT molecular complexity index is 1070. The van der Waals surface area contributed by atoms with Crippen LogP contribution in [0.4, 0.5) is 0 Å². The number of sulfonamides is 1. The third-order valence-corrected chi connectivity index (χ3v) is 8.09. The van der Waals surface area contributed by atoms with Gasteiger partial charge >= 0.3 is 5.97 Å². The Kier molecular flexibility index (Phi) is 8.92. The number of likely N-dealkylation sites (tertiary alicyclic amines) is 1. The summed E-state index contributed by atoms with van der Waals surface area (Å²) in [5.74, 6) is -0.774. The first-order chi connectivity index (χ1) is 15.7. The molecule has 10 heteroatoms. The number of benzene rings is 2. The molecule has 3 rings (SSSR count). The van der Waals surface area contributed by atoms with Gasteiger partial charge in [0, 0.05) is 29.1 Å². The van der Waals surface area contributed by atoms with Gasteiger partial charge in [0.25, 0.3) is 0 Å². The Balaban J connectivity index is 1.76. The molecule has 0 spiro atoms. The van der Waals surface area contributed by atoms with Crippen LogP contribution in [0.15, 0.2) is 57.9 Å². The van der Waals surface area contributed by atoms with Gasteiger partial charge in [0.1, 0.15) is 0 Å². The van der Waals surface area contributed by atoms with Gasteiger partial charge in [-0.2, -0.15) is 4.31 Å². The molecule has 1 aliphatic rings. The second-order valence-corrected chi connectivity index (χ2v) is 11.1. The van der Waals surface area contributed by atoms with E-state index in [1.807, 2.05) is 24.3 Å². The molecule has 2 aromatic carbocycles. The molecule has 178 valence electrons. The summed E-state index contributed by atoms with van der Waals surface area (Å²) < 4.78 is 33.9. The van der Waals surface area contributed by atoms with Gasteiger partial charge < -0.3 is 9.64 Å². The Labute approximate surface area is 207 Å². The van der Waals surface area contributed by atoms with Crippen molar-refractivity contribution in [1.29, 1.82) is 0 Å². The van der Waals surface area contributed by atoms with Gasteiger partial charge in [0.05, 0.1) is 24.0 Å². The lowest BCUT2D eigenvalue weighted by molar-refractivity contribution is -0.151. The zero-order valence-corrected chi connectivity index (χ0v) is 21.4. The first-order valence-corrected chi connectivity index (χ1v) is 13.3. The van der Waals surface area contributed by atoms with Crippen molar-refractivity contribution in [3.05, 3.63) is 63.6 Å². The predicted octanol–water partition coefficient (Wildman–Crippen LogP) is 4.10. The number of halogens is 2. The van der Waals surface area contributed by atoms with E-state index in [1.165, 1.54) is 28.6 Å². The molecule has 1 amide bonds. The summed E-state index contributed by atoms with van der Waals surface area (Å²) in [6.45, 7) is 2.60. The molecular formula is C23H26BrClN2O5S. The molecule has 0 aliphatic carbocycles. The van der Waals surface area contributed by atoms with Gasteiger partial charge in [-0.3, -0.25) is 9.59 Å². The molecule has 0 atom stereocenters. The Morgan fingerprint density at radius 1 is 1.09 bits per heavy atom. The normalized spacial score (nSPS) is 15.0. The number of hydrogen-bond acceptors (Lipinski definition) is 5. The van der Waals surface area contributed by atoms with E-state index in [9.17, 15) is 18.0 Å². The maximum absolute atomic E-state index is 13.4. The Morgan fingerprint density at radius 3 is 2.27 bits per heavy atom. The topological polar surface area (TPSA) is 84.0 Å². The van der Waals surface area contributed by atoms with Crippen molar-refractivity contribution in [2.24, 2.45) is 5.92 Å². The van der Waals surface area contributed by atoms with Crippen molar-refractivity contribution in [3.63, 3.8) is 0 Å². The predicted molar refractivity (Wildman–Crippen MR) is 129 cm³/mol. The van der Waals surface area contributed by atoms with Crippen LogP contribution in [0.3, 0.4) is 0 Å². The molecular weight excluding hydrogens is 532 g/mol. The van der Waals surface area contributed by atoms with E-state index in [0.29, 0.717) is 37.6 Å². The maximum atomic E-state index is 13.4. The standard InChI is InChI=1S/C23H26BrClN2O5S/c1-2-32-23(29)18-11-13-26(14-12-18)22(28)16-27(15-17-3-5-19(24)6-4-17)33(30,31)21-9-7-20(25)8-10-21/h3-10,18H,2,11-16H2,1H3. The third-order valence-electron chi connectivity index (χ3n) is 5.50. The highest BCUT2D eigenvalue weighted by molar-refractivity contribution is 9.10. The highest BCUT2D eigenvalue weighted by Gasteiger charge is 2.32. The molecule has 7 nitrogen and oxygen atoms in total. The van der Waals surface area contributed by atoms with E-state index >= 15 is 0 Å². The van der Waals surface area contributed by atoms with Crippen molar-refractivity contribution < 1.29 is 22.7 Å². The summed E-state index contributed by atoms with van der Waals surface area (Å²) in [6, 6.07) is 13.1. The fourth-order valence-electron chi connectivity index (χ4n) is 3.65. The van der Waals surface area contributed by atoms with Crippen LogP contribution in [0.2, 0.25) is 5.02 Å². The number of rotatable bonds is 8. The van der Waals surface area contributed by atoms with Crippen LogP contribution >= 0.6 is 27.5 Å². The summed E-state index contributed by atoms with van der Waals surface area (Å²) in [4.78, 5) is 26.7. The summed E-state index contributed by atoms with van der Waals surface area (Å²) >= 11 is 9.29. The molecule has 0 N–H and O–H groups in total. The quantitative estimate of drug-likeness (QED) is 0.457. The minimum absolute atomic E-state index is 0.0449. The molecule has 1 heterocycles. The van der Waals surface area contributed by atoms with Crippen LogP contribution in [0.1, 0.15) is 25.3 Å². The molecule has 1 aliphatic heterocycles. The molecule has 1 fully saturated rings. The number of hydrogen-bond donors (Lipinski definition) is 0. The lowest BCUT2D eigenvalue weighted by atomic mass is 9.97. The van der Waals surface area contributed by atoms with Gasteiger partial charge in [-0.15, -0.1) is 0 Å². The summed E-state index contributed by atoms with van der Waals surface area (Å²) in [6.07, 6.45) is 1.00. The molecule has 0 saturated carbocycles. The number of nitrogens with zero attached hydrogens (tertiary/aromatic N) is 2. The average Bonchev–Trinajstić information content (AvgIpc) is 2.80. The molecule has 0 bridgehead atoms. The maximum Gasteiger partial charge on any atom is 0.309 e. The van der Waals surface area contributed by atoms with E-state index in [1.54, 1.807) is 11.8 Å². The number of carbonyl (C=O) groups is 2. The molecule has 0 radical (unpaired) electrons. The number of esters is 1. The summed E-state index contributed by atoms with van der Waals surface area (Å²) in [5.41, 5.74) is 0.754. The first kappa shape index (κ1) is 25.7. The van der Waals surface area contributed by atoms with E-state index in [-0.39, 0.29) is 35.8 Å². The van der Waals surface area contributed by atoms with Crippen molar-refractivity contribution in [1.82, 2.24) is 9.21 Å². The molecule has 0 aromatic heterocycles. The smallest absolute Gasteiger partial charge is 0.309 e. The lowest BCUT2D eigenvalue weighted by Gasteiger charge is -2.32. The molecule has 2 aromatic rings. The molecule has 0 unspecified atom stereocenters. The molecule has 33 heavy (non-hydrogen) atoms. The van der Waals surface area contributed by atoms with Crippen molar-refractivity contribution in [2.45, 2.75) is 31.2 Å². The fourth-order valence-corrected chi connectivity index (χ4v) is 5.42. The first-order valence-electron chi connectivity index (χ1n) is 10.6. The Hall–Kier alpha value is -1.94. The third kappa shape index (κ3) is 6.79. The van der Waals surface area contributed by atoms with Crippen LogP contribution in [-0.4, -0.2) is 55.7 Å². The van der Waals surface area contributed by atoms with Crippen molar-refractivity contribution in [3.8, 4) is 0 Å². The van der Waals surface area contributed by atoms with Crippen molar-refractivity contribution in [2.75, 3.05) is 26.2 Å². The number of ether oxygens (including phenoxy) is 1. The molecule has 1 saturated heterocycles. The van der Waals surface area contributed by atoms with E-state index < -0.39 is 10.0 Å². The lowest BCUT2D eigenvalue weighted by Crippen LogP contribution is -2.46. The van der Waals surface area contributed by atoms with Crippen molar-refractivity contribution >= 4 is 49.4 Å². The minimum atomic E-state index is -3.95. The number of carbonyl (C=O) groups excluding carboxylic acids is 2. The van der Waals surface area contributed by atoms with Gasteiger partial charge in [0.15, 0.2) is 0 Å². The van der Waals surface area contributed by atoms with E-state index in [0.717, 1.165) is 10.0 Å². The van der Waals surface area contributed by atoms with E-state index in [2.05, 4.69) is 15.9 Å². The van der Waals surface area contributed by atoms with Gasteiger partial charge in [-0.1, -0.05) is 39.7 Å². The SMILES string of the molecule is CCOC(=O)C1CCN(C(=O)CN(Cc2ccc(Br)cc2)S(=O)(=O)c2ccc(Cl)cc2)CC1. The zero-order valence-electron chi connectivity index (χ0n) is 18.2. The van der Waals surface area contributed by atoms with Crippen LogP contribution in [0.25, 0.3) is 0 Å². The highest BCUT2D eigenvalue weighted by atomic mass is 79.9. The number of piperidine rings is 1. The van der Waals surface area contributed by atoms with Crippen LogP contribution in [0, 0.1) is 5.92 Å². The number of amides is 1. The van der Waals surface area contributed by atoms with Crippen LogP contribution in [-0.2, 0) is 30.9 Å². The highest BCUT2D eigenvalue weighted by Crippen LogP contribution is 2.23. The average molecular weight is 558 g/mol. The second kappa shape index (κ2) is 11.5.